The molecule has 2 aromatic heterocycles. The smallest absolute Gasteiger partial charge is 0.330 e. The number of ether oxygens (including phenoxy) is 1. The minimum atomic E-state index is -1.86. The molecule has 0 spiro atoms. The predicted molar refractivity (Wildman–Crippen MR) is 109 cm³/mol. The first kappa shape index (κ1) is 24.2. The number of aliphatic hydroxyl groups is 3. The Labute approximate surface area is 185 Å². The number of nitrogens with two attached hydrogens (primary N) is 1. The van der Waals surface area contributed by atoms with Crippen LogP contribution in [0.2, 0.25) is 0 Å². The monoisotopic (exact) mass is 465 g/mol. The van der Waals surface area contributed by atoms with Crippen LogP contribution in [0.1, 0.15) is 24.4 Å². The molecule has 14 nitrogen and oxygen atoms in total. The normalized spacial score (nSPS) is 25.2. The van der Waals surface area contributed by atoms with Gasteiger partial charge in [0, 0.05) is 24.9 Å². The van der Waals surface area contributed by atoms with E-state index in [1.54, 1.807) is 12.1 Å². The molecule has 178 valence electrons. The number of pyridine rings is 1. The Bertz CT molecular complexity index is 1100. The van der Waals surface area contributed by atoms with Gasteiger partial charge >= 0.3 is 11.7 Å². The maximum absolute atomic E-state index is 12.5. The summed E-state index contributed by atoms with van der Waals surface area (Å²) >= 11 is 0. The van der Waals surface area contributed by atoms with E-state index in [0.29, 0.717) is 0 Å². The lowest BCUT2D eigenvalue weighted by atomic mass is 10.0. The fourth-order valence-corrected chi connectivity index (χ4v) is 3.40. The van der Waals surface area contributed by atoms with E-state index in [-0.39, 0.29) is 12.1 Å². The molecule has 1 aliphatic heterocycles. The summed E-state index contributed by atoms with van der Waals surface area (Å²) in [5.74, 6) is -2.57. The molecule has 0 aromatic carbocycles. The van der Waals surface area contributed by atoms with Gasteiger partial charge in [-0.15, -0.1) is 0 Å². The number of carbonyl (C=O) groups is 2. The topological polar surface area (TPSA) is 230 Å². The van der Waals surface area contributed by atoms with E-state index in [2.05, 4.69) is 10.3 Å². The zero-order valence-corrected chi connectivity index (χ0v) is 17.0. The second-order valence-electron chi connectivity index (χ2n) is 7.43. The van der Waals surface area contributed by atoms with Crippen LogP contribution in [0.4, 0.5) is 0 Å². The summed E-state index contributed by atoms with van der Waals surface area (Å²) in [6, 6.07) is 2.56. The summed E-state index contributed by atoms with van der Waals surface area (Å²) in [4.78, 5) is 53.4. The SMILES string of the molecule is N[C@H](C[C@H](O)c1ccccn1)C(=O)N[C@H](C(=O)O)[C@H]1O[C@@H](n2ccc(=O)[nH]c2=O)[C@@H](O)[C@H]1O. The molecule has 3 heterocycles. The van der Waals surface area contributed by atoms with Crippen LogP contribution in [0.25, 0.3) is 0 Å². The van der Waals surface area contributed by atoms with Crippen molar-refractivity contribution < 1.29 is 34.8 Å². The van der Waals surface area contributed by atoms with Gasteiger partial charge in [-0.05, 0) is 12.1 Å². The molecule has 3 rings (SSSR count). The molecule has 0 unspecified atom stereocenters. The lowest BCUT2D eigenvalue weighted by molar-refractivity contribution is -0.149. The Morgan fingerprint density at radius 1 is 1.24 bits per heavy atom. The van der Waals surface area contributed by atoms with Crippen molar-refractivity contribution in [1.82, 2.24) is 19.9 Å². The molecule has 0 saturated carbocycles. The summed E-state index contributed by atoms with van der Waals surface area (Å²) in [6.45, 7) is 0. The molecule has 1 saturated heterocycles. The summed E-state index contributed by atoms with van der Waals surface area (Å²) < 4.78 is 6.16. The zero-order chi connectivity index (χ0) is 24.3. The minimum Gasteiger partial charge on any atom is -0.480 e. The van der Waals surface area contributed by atoms with Gasteiger partial charge in [0.25, 0.3) is 5.56 Å². The molecule has 33 heavy (non-hydrogen) atoms. The molecule has 2 aromatic rings. The quantitative estimate of drug-likeness (QED) is 0.203. The molecular weight excluding hydrogens is 442 g/mol. The first-order valence-corrected chi connectivity index (χ1v) is 9.81. The second kappa shape index (κ2) is 10.0. The highest BCUT2D eigenvalue weighted by molar-refractivity contribution is 5.87. The zero-order valence-electron chi connectivity index (χ0n) is 17.0. The number of aliphatic carboxylic acids is 1. The maximum atomic E-state index is 12.5. The van der Waals surface area contributed by atoms with Crippen LogP contribution in [-0.2, 0) is 14.3 Å². The van der Waals surface area contributed by atoms with Crippen molar-refractivity contribution in [1.29, 1.82) is 0 Å². The Morgan fingerprint density at radius 2 is 1.97 bits per heavy atom. The number of nitrogens with zero attached hydrogens (tertiary/aromatic N) is 2. The number of hydrogen-bond acceptors (Lipinski definition) is 10. The van der Waals surface area contributed by atoms with Crippen molar-refractivity contribution in [2.45, 2.75) is 49.1 Å². The van der Waals surface area contributed by atoms with Crippen molar-refractivity contribution in [3.8, 4) is 0 Å². The number of carboxylic acid groups (broad SMARTS) is 1. The van der Waals surface area contributed by atoms with E-state index in [9.17, 15) is 39.6 Å². The Hall–Kier alpha value is -3.43. The van der Waals surface area contributed by atoms with Crippen LogP contribution >= 0.6 is 0 Å². The fourth-order valence-electron chi connectivity index (χ4n) is 3.40. The van der Waals surface area contributed by atoms with Gasteiger partial charge in [0.15, 0.2) is 12.3 Å². The number of nitrogens with one attached hydrogen (secondary N) is 2. The molecule has 8 N–H and O–H groups in total. The second-order valence-corrected chi connectivity index (χ2v) is 7.43. The van der Waals surface area contributed by atoms with E-state index >= 15 is 0 Å². The van der Waals surface area contributed by atoms with Crippen molar-refractivity contribution >= 4 is 11.9 Å². The van der Waals surface area contributed by atoms with Gasteiger partial charge in [0.05, 0.1) is 17.8 Å². The first-order valence-electron chi connectivity index (χ1n) is 9.81. The van der Waals surface area contributed by atoms with Crippen molar-refractivity contribution in [2.24, 2.45) is 5.73 Å². The van der Waals surface area contributed by atoms with E-state index in [4.69, 9.17) is 10.5 Å². The first-order chi connectivity index (χ1) is 15.6. The van der Waals surface area contributed by atoms with Gasteiger partial charge in [-0.3, -0.25) is 24.1 Å². The molecule has 0 aliphatic carbocycles. The molecular formula is C19H23N5O9. The number of aliphatic hydroxyl groups excluding tert-OH is 3. The largest absolute Gasteiger partial charge is 0.480 e. The van der Waals surface area contributed by atoms with Gasteiger partial charge < -0.3 is 36.2 Å². The van der Waals surface area contributed by atoms with Gasteiger partial charge in [0.1, 0.15) is 18.3 Å². The molecule has 14 heteroatoms. The number of carboxylic acids is 1. The highest BCUT2D eigenvalue weighted by atomic mass is 16.6. The minimum absolute atomic E-state index is 0.266. The number of aromatic amines is 1. The third-order valence-corrected chi connectivity index (χ3v) is 5.14. The van der Waals surface area contributed by atoms with Gasteiger partial charge in [0.2, 0.25) is 5.91 Å². The van der Waals surface area contributed by atoms with E-state index in [1.807, 2.05) is 4.98 Å². The molecule has 1 aliphatic rings. The standard InChI is InChI=1S/C19H23N5O9/c20-8(7-10(25)9-3-1-2-5-21-9)16(29)23-12(18(30)31)15-13(27)14(28)17(33-15)24-6-4-11(26)22-19(24)32/h1-6,8,10,12-15,17,25,27-28H,7,20H2,(H,23,29)(H,30,31)(H,22,26,32)/t8-,10+,12+,13-,14+,15-,17-/m1/s1. The van der Waals surface area contributed by atoms with Crippen LogP contribution in [-0.4, -0.2) is 77.2 Å². The van der Waals surface area contributed by atoms with E-state index in [0.717, 1.165) is 16.8 Å². The van der Waals surface area contributed by atoms with Crippen LogP contribution < -0.4 is 22.3 Å². The van der Waals surface area contributed by atoms with Gasteiger partial charge in [-0.2, -0.15) is 0 Å². The Morgan fingerprint density at radius 3 is 2.58 bits per heavy atom. The fraction of sp³-hybridized carbons (Fsp3) is 0.421. The molecule has 0 bridgehead atoms. The highest BCUT2D eigenvalue weighted by Crippen LogP contribution is 2.30. The number of rotatable bonds is 8. The van der Waals surface area contributed by atoms with Crippen LogP contribution in [0.3, 0.4) is 0 Å². The van der Waals surface area contributed by atoms with Gasteiger partial charge in [-0.25, -0.2) is 9.59 Å². The van der Waals surface area contributed by atoms with Crippen molar-refractivity contribution in [2.75, 3.05) is 0 Å². The lowest BCUT2D eigenvalue weighted by Crippen LogP contribution is -2.56. The molecule has 1 fully saturated rings. The van der Waals surface area contributed by atoms with Crippen molar-refractivity contribution in [3.05, 3.63) is 63.2 Å². The number of aromatic nitrogens is 3. The van der Waals surface area contributed by atoms with Crippen LogP contribution in [0, 0.1) is 0 Å². The number of amides is 1. The summed E-state index contributed by atoms with van der Waals surface area (Å²) in [7, 11) is 0. The third kappa shape index (κ3) is 5.32. The molecule has 7 atom stereocenters. The number of hydrogen-bond donors (Lipinski definition) is 7. The Kier molecular flexibility index (Phi) is 7.35. The summed E-state index contributed by atoms with van der Waals surface area (Å²) in [5, 5.41) is 42.5. The average molecular weight is 465 g/mol. The number of H-pyrrole nitrogens is 1. The average Bonchev–Trinajstić information content (AvgIpc) is 3.06. The van der Waals surface area contributed by atoms with Crippen molar-refractivity contribution in [3.63, 3.8) is 0 Å². The van der Waals surface area contributed by atoms with E-state index in [1.165, 1.54) is 12.3 Å². The number of carbonyl (C=O) groups excluding carboxylic acids is 1. The maximum Gasteiger partial charge on any atom is 0.330 e. The van der Waals surface area contributed by atoms with Crippen LogP contribution in [0.5, 0.6) is 0 Å². The highest BCUT2D eigenvalue weighted by Gasteiger charge is 2.50. The Balaban J connectivity index is 1.72. The summed E-state index contributed by atoms with van der Waals surface area (Å²) in [6.07, 6.45) is -5.79. The predicted octanol–water partition coefficient (Wildman–Crippen LogP) is -3.43. The lowest BCUT2D eigenvalue weighted by Gasteiger charge is -2.25. The van der Waals surface area contributed by atoms with E-state index < -0.39 is 65.9 Å². The third-order valence-electron chi connectivity index (χ3n) is 5.14. The van der Waals surface area contributed by atoms with Gasteiger partial charge in [-0.1, -0.05) is 6.07 Å². The molecule has 1 amide bonds. The van der Waals surface area contributed by atoms with Crippen LogP contribution in [0.15, 0.2) is 46.2 Å². The molecule has 0 radical (unpaired) electrons. The summed E-state index contributed by atoms with van der Waals surface area (Å²) in [5.41, 5.74) is 4.39.